The van der Waals surface area contributed by atoms with E-state index in [2.05, 4.69) is 0 Å². The van der Waals surface area contributed by atoms with Gasteiger partial charge in [-0.25, -0.2) is 0 Å². The van der Waals surface area contributed by atoms with Gasteiger partial charge in [0.1, 0.15) is 11.2 Å². The van der Waals surface area contributed by atoms with Crippen molar-refractivity contribution in [3.05, 3.63) is 0 Å². The van der Waals surface area contributed by atoms with E-state index in [1.807, 2.05) is 55.4 Å². The first-order chi connectivity index (χ1) is 11.5. The van der Waals surface area contributed by atoms with Crippen LogP contribution in [-0.4, -0.2) is 22.4 Å². The minimum atomic E-state index is -4.19. The normalized spacial score (nSPS) is 12.7. The van der Waals surface area contributed by atoms with Crippen LogP contribution < -0.4 is 56.3 Å². The van der Waals surface area contributed by atoms with E-state index in [0.717, 1.165) is 0 Å². The molecule has 0 aromatic carbocycles. The predicted molar refractivity (Wildman–Crippen MR) is 110 cm³/mol. The molecule has 0 aliphatic rings. The van der Waals surface area contributed by atoms with E-state index in [4.69, 9.17) is 18.1 Å². The zero-order chi connectivity index (χ0) is 22.9. The molecule has 0 aromatic rings. The summed E-state index contributed by atoms with van der Waals surface area (Å²) in [6.45, 7) is 25.0. The van der Waals surface area contributed by atoms with Crippen molar-refractivity contribution in [3.8, 4) is 0 Å². The molecule has 10 heteroatoms. The second-order valence-electron chi connectivity index (χ2n) is 9.49. The fourth-order valence-electron chi connectivity index (χ4n) is 1.16. The standard InChI is InChI=1S/C8H19O4P.C8H18O3P.C2H6.K/c1-7(2,3)11-13(9,10)12-8(4,5)6;1-7(2,3)10-12(9)11-8(4,5)6;1-2;/h1-6H3,(H,9,10);1-6H3;1-2H3;/q;+1;;+1/p-1. The molecule has 0 saturated carbocycles. The van der Waals surface area contributed by atoms with Gasteiger partial charge in [0.25, 0.3) is 7.82 Å². The van der Waals surface area contributed by atoms with Crippen LogP contribution in [0.15, 0.2) is 0 Å². The van der Waals surface area contributed by atoms with Gasteiger partial charge in [0.15, 0.2) is 0 Å². The Kier molecular flexibility index (Phi) is 19.6. The number of hydrogen-bond donors (Lipinski definition) is 0. The fourth-order valence-corrected chi connectivity index (χ4v) is 3.47. The number of rotatable bonds is 4. The third kappa shape index (κ3) is 35.2. The van der Waals surface area contributed by atoms with Crippen molar-refractivity contribution in [1.82, 2.24) is 0 Å². The average Bonchev–Trinajstić information content (AvgIpc) is 2.18. The van der Waals surface area contributed by atoms with Crippen LogP contribution in [0.3, 0.4) is 0 Å². The third-order valence-corrected chi connectivity index (χ3v) is 4.40. The van der Waals surface area contributed by atoms with E-state index in [9.17, 15) is 14.0 Å². The molecule has 0 radical (unpaired) electrons. The zero-order valence-electron chi connectivity index (χ0n) is 20.8. The Hall–Kier alpha value is 1.77. The fraction of sp³-hybridized carbons (Fsp3) is 1.00. The Morgan fingerprint density at radius 1 is 0.643 bits per heavy atom. The summed E-state index contributed by atoms with van der Waals surface area (Å²) in [6, 6.07) is 0. The van der Waals surface area contributed by atoms with Gasteiger partial charge in [-0.1, -0.05) is 13.8 Å². The van der Waals surface area contributed by atoms with Crippen molar-refractivity contribution in [2.75, 3.05) is 0 Å². The van der Waals surface area contributed by atoms with Crippen LogP contribution in [-0.2, 0) is 27.2 Å². The van der Waals surface area contributed by atoms with E-state index in [1.54, 1.807) is 41.5 Å². The Bertz CT molecular complexity index is 432. The number of phosphoric acid groups is 1. The summed E-state index contributed by atoms with van der Waals surface area (Å²) in [6.07, 6.45) is 0. The number of phosphoric ester groups is 1. The smallest absolute Gasteiger partial charge is 0.756 e. The maximum Gasteiger partial charge on any atom is 1.00 e. The second-order valence-corrected chi connectivity index (χ2v) is 11.6. The van der Waals surface area contributed by atoms with Crippen LogP contribution in [0.4, 0.5) is 0 Å². The molecule has 28 heavy (non-hydrogen) atoms. The first-order valence-corrected chi connectivity index (χ1v) is 11.7. The quantitative estimate of drug-likeness (QED) is 0.458. The van der Waals surface area contributed by atoms with Crippen LogP contribution in [0, 0.1) is 0 Å². The van der Waals surface area contributed by atoms with Crippen LogP contribution in [0.25, 0.3) is 0 Å². The average molecular weight is 472 g/mol. The molecule has 0 aliphatic carbocycles. The van der Waals surface area contributed by atoms with Gasteiger partial charge in [0, 0.05) is 4.57 Å². The Labute approximate surface area is 217 Å². The summed E-state index contributed by atoms with van der Waals surface area (Å²) in [5.74, 6) is 0. The maximum absolute atomic E-state index is 11.2. The molecular formula is C18H42KO7P2+. The van der Waals surface area contributed by atoms with Crippen molar-refractivity contribution in [3.63, 3.8) is 0 Å². The molecular weight excluding hydrogens is 429 g/mol. The molecule has 0 fully saturated rings. The summed E-state index contributed by atoms with van der Waals surface area (Å²) in [5, 5.41) is 0. The molecule has 0 aromatic heterocycles. The van der Waals surface area contributed by atoms with Crippen molar-refractivity contribution >= 4 is 16.1 Å². The van der Waals surface area contributed by atoms with Gasteiger partial charge in [-0.15, -0.1) is 9.05 Å². The summed E-state index contributed by atoms with van der Waals surface area (Å²) in [7, 11) is -6.19. The molecule has 7 nitrogen and oxygen atoms in total. The SMILES string of the molecule is CC.CC(C)(C)OP(=O)([O-])OC(C)(C)C.CC(C)(C)O[P+](=O)OC(C)(C)C.[K+]. The van der Waals surface area contributed by atoms with Crippen molar-refractivity contribution in [2.45, 2.75) is 119 Å². The van der Waals surface area contributed by atoms with Gasteiger partial charge in [-0.2, -0.15) is 0 Å². The molecule has 0 unspecified atom stereocenters. The molecule has 0 rings (SSSR count). The summed E-state index contributed by atoms with van der Waals surface area (Å²) in [5.41, 5.74) is -2.33. The molecule has 0 N–H and O–H groups in total. The largest absolute Gasteiger partial charge is 1.00 e. The Morgan fingerprint density at radius 2 is 0.857 bits per heavy atom. The van der Waals surface area contributed by atoms with Gasteiger partial charge in [-0.05, 0) is 83.1 Å². The Balaban J connectivity index is -0.000000183. The van der Waals surface area contributed by atoms with Gasteiger partial charge < -0.3 is 13.9 Å². The third-order valence-electron chi connectivity index (χ3n) is 1.47. The molecule has 0 aliphatic heterocycles. The monoisotopic (exact) mass is 471 g/mol. The van der Waals surface area contributed by atoms with Gasteiger partial charge in [0.05, 0.1) is 11.2 Å². The van der Waals surface area contributed by atoms with Gasteiger partial charge in [-0.3, -0.25) is 4.57 Å². The Morgan fingerprint density at radius 3 is 1.00 bits per heavy atom. The van der Waals surface area contributed by atoms with Gasteiger partial charge >= 0.3 is 59.6 Å². The predicted octanol–water partition coefficient (Wildman–Crippen LogP) is 3.39. The molecule has 0 spiro atoms. The molecule has 0 heterocycles. The first kappa shape index (κ1) is 37.1. The van der Waals surface area contributed by atoms with Crippen LogP contribution in [0.5, 0.6) is 0 Å². The number of hydrogen-bond acceptors (Lipinski definition) is 7. The summed E-state index contributed by atoms with van der Waals surface area (Å²) in [4.78, 5) is 11.2. The van der Waals surface area contributed by atoms with Gasteiger partial charge in [0.2, 0.25) is 0 Å². The maximum atomic E-state index is 11.2. The van der Waals surface area contributed by atoms with E-state index in [0.29, 0.717) is 0 Å². The topological polar surface area (TPSA) is 94.1 Å². The second kappa shape index (κ2) is 14.8. The molecule has 0 atom stereocenters. The summed E-state index contributed by atoms with van der Waals surface area (Å²) < 4.78 is 42.2. The minimum Gasteiger partial charge on any atom is -0.756 e. The van der Waals surface area contributed by atoms with Crippen LogP contribution in [0.1, 0.15) is 96.9 Å². The van der Waals surface area contributed by atoms with Crippen molar-refractivity contribution in [2.24, 2.45) is 0 Å². The van der Waals surface area contributed by atoms with E-state index in [-0.39, 0.29) is 51.4 Å². The molecule has 166 valence electrons. The molecule has 0 bridgehead atoms. The minimum absolute atomic E-state index is 0. The van der Waals surface area contributed by atoms with E-state index < -0.39 is 38.5 Å². The first-order valence-electron chi connectivity index (χ1n) is 9.09. The van der Waals surface area contributed by atoms with Crippen LogP contribution >= 0.6 is 16.1 Å². The molecule has 0 saturated heterocycles. The van der Waals surface area contributed by atoms with E-state index in [1.165, 1.54) is 0 Å². The van der Waals surface area contributed by atoms with Crippen molar-refractivity contribution < 1.29 is 83.5 Å². The van der Waals surface area contributed by atoms with E-state index >= 15 is 0 Å². The molecule has 0 amide bonds. The van der Waals surface area contributed by atoms with Crippen molar-refractivity contribution in [1.29, 1.82) is 0 Å². The van der Waals surface area contributed by atoms with Crippen LogP contribution in [0.2, 0.25) is 0 Å². The summed E-state index contributed by atoms with van der Waals surface area (Å²) >= 11 is 0. The zero-order valence-corrected chi connectivity index (χ0v) is 25.7.